The van der Waals surface area contributed by atoms with Crippen LogP contribution in [0.3, 0.4) is 0 Å². The molecule has 5 nitrogen and oxygen atoms in total. The van der Waals surface area contributed by atoms with E-state index in [1.807, 2.05) is 50.2 Å². The molecule has 150 valence electrons. The van der Waals surface area contributed by atoms with Gasteiger partial charge in [0.1, 0.15) is 5.69 Å². The van der Waals surface area contributed by atoms with E-state index in [1.54, 1.807) is 24.4 Å². The summed E-state index contributed by atoms with van der Waals surface area (Å²) in [7, 11) is 0. The topological polar surface area (TPSA) is 74.0 Å². The van der Waals surface area contributed by atoms with E-state index in [4.69, 9.17) is 0 Å². The Balaban J connectivity index is 1.58. The van der Waals surface area contributed by atoms with Crippen LogP contribution in [-0.4, -0.2) is 10.9 Å². The molecule has 1 unspecified atom stereocenters. The number of aromatic amines is 1. The van der Waals surface area contributed by atoms with Gasteiger partial charge in [0.2, 0.25) is 0 Å². The highest BCUT2D eigenvalue weighted by atomic mass is 16.1. The van der Waals surface area contributed by atoms with Crippen LogP contribution in [0.1, 0.15) is 34.5 Å². The predicted molar refractivity (Wildman–Crippen MR) is 121 cm³/mol. The van der Waals surface area contributed by atoms with Gasteiger partial charge < -0.3 is 15.6 Å². The lowest BCUT2D eigenvalue weighted by atomic mass is 9.99. The first-order valence-electron chi connectivity index (χ1n) is 9.87. The highest BCUT2D eigenvalue weighted by Gasteiger charge is 2.16. The number of pyridine rings is 1. The van der Waals surface area contributed by atoms with E-state index in [9.17, 15) is 9.59 Å². The van der Waals surface area contributed by atoms with Gasteiger partial charge in [0.15, 0.2) is 0 Å². The summed E-state index contributed by atoms with van der Waals surface area (Å²) in [6.07, 6.45) is 1.58. The lowest BCUT2D eigenvalue weighted by Gasteiger charge is -2.18. The Labute approximate surface area is 174 Å². The molecule has 4 rings (SSSR count). The molecule has 1 atom stereocenters. The number of nitrogens with one attached hydrogen (secondary N) is 3. The molecule has 0 spiro atoms. The van der Waals surface area contributed by atoms with Crippen LogP contribution in [0.5, 0.6) is 0 Å². The Hall–Kier alpha value is -3.86. The number of carbonyl (C=O) groups excluding carboxylic acids is 1. The maximum absolute atomic E-state index is 13.1. The zero-order chi connectivity index (χ0) is 21.1. The van der Waals surface area contributed by atoms with Crippen molar-refractivity contribution >= 4 is 28.1 Å². The number of anilines is 2. The lowest BCUT2D eigenvalue weighted by molar-refractivity contribution is 0.0939. The molecule has 3 N–H and O–H groups in total. The maximum atomic E-state index is 13.1. The lowest BCUT2D eigenvalue weighted by Crippen LogP contribution is -2.27. The van der Waals surface area contributed by atoms with E-state index in [0.717, 1.165) is 21.9 Å². The van der Waals surface area contributed by atoms with Crippen molar-refractivity contribution in [3.8, 4) is 0 Å². The molecule has 3 aromatic carbocycles. The average molecular weight is 397 g/mol. The number of H-pyrrole nitrogens is 1. The molecule has 4 aromatic rings. The number of hydrogen-bond acceptors (Lipinski definition) is 3. The van der Waals surface area contributed by atoms with Crippen LogP contribution >= 0.6 is 0 Å². The van der Waals surface area contributed by atoms with Crippen molar-refractivity contribution in [1.82, 2.24) is 10.3 Å². The summed E-state index contributed by atoms with van der Waals surface area (Å²) in [5.41, 5.74) is 3.40. The molecular weight excluding hydrogens is 374 g/mol. The normalized spacial score (nSPS) is 11.8. The van der Waals surface area contributed by atoms with E-state index in [2.05, 4.69) is 33.8 Å². The van der Waals surface area contributed by atoms with E-state index in [1.165, 1.54) is 0 Å². The fraction of sp³-hybridized carbons (Fsp3) is 0.120. The number of fused-ring (bicyclic) bond motifs is 1. The minimum atomic E-state index is -0.214. The van der Waals surface area contributed by atoms with Crippen LogP contribution < -0.4 is 16.2 Å². The molecule has 0 saturated heterocycles. The van der Waals surface area contributed by atoms with E-state index in [-0.39, 0.29) is 17.5 Å². The van der Waals surface area contributed by atoms with Gasteiger partial charge in [-0.05, 0) is 60.0 Å². The van der Waals surface area contributed by atoms with Gasteiger partial charge in [-0.1, -0.05) is 48.5 Å². The van der Waals surface area contributed by atoms with E-state index in [0.29, 0.717) is 16.9 Å². The fourth-order valence-corrected chi connectivity index (χ4v) is 3.60. The van der Waals surface area contributed by atoms with E-state index >= 15 is 0 Å². The molecule has 5 heteroatoms. The maximum Gasteiger partial charge on any atom is 0.271 e. The molecule has 0 bridgehead atoms. The summed E-state index contributed by atoms with van der Waals surface area (Å²) < 4.78 is 0. The van der Waals surface area contributed by atoms with Crippen LogP contribution in [-0.2, 0) is 0 Å². The molecule has 30 heavy (non-hydrogen) atoms. The van der Waals surface area contributed by atoms with Gasteiger partial charge in [-0.25, -0.2) is 0 Å². The molecule has 1 amide bonds. The third-order valence-electron chi connectivity index (χ3n) is 5.22. The second kappa shape index (κ2) is 8.25. The standard InChI is InChI=1S/C25H23N3O2/c1-16-12-13-19(28-23-11-6-14-26-25(23)30)15-22(16)24(29)27-17(2)20-10-5-8-18-7-3-4-9-21(18)20/h3-15,17,28H,1-2H3,(H,26,30)(H,27,29). The molecule has 0 aliphatic carbocycles. The van der Waals surface area contributed by atoms with Crippen molar-refractivity contribution < 1.29 is 4.79 Å². The first-order valence-corrected chi connectivity index (χ1v) is 9.87. The summed E-state index contributed by atoms with van der Waals surface area (Å²) in [5.74, 6) is -0.154. The van der Waals surface area contributed by atoms with Gasteiger partial charge in [-0.3, -0.25) is 9.59 Å². The summed E-state index contributed by atoms with van der Waals surface area (Å²) in [5, 5.41) is 8.47. The molecule has 0 fully saturated rings. The summed E-state index contributed by atoms with van der Waals surface area (Å²) in [6.45, 7) is 3.89. The quantitative estimate of drug-likeness (QED) is 0.440. The van der Waals surface area contributed by atoms with Crippen molar-refractivity contribution in [2.24, 2.45) is 0 Å². The van der Waals surface area contributed by atoms with Crippen molar-refractivity contribution in [3.05, 3.63) is 106 Å². The van der Waals surface area contributed by atoms with Gasteiger partial charge in [0.05, 0.1) is 6.04 Å². The Morgan fingerprint density at radius 2 is 1.77 bits per heavy atom. The monoisotopic (exact) mass is 397 g/mol. The summed E-state index contributed by atoms with van der Waals surface area (Å²) in [6, 6.07) is 23.1. The summed E-state index contributed by atoms with van der Waals surface area (Å²) >= 11 is 0. The molecular formula is C25H23N3O2. The van der Waals surface area contributed by atoms with Gasteiger partial charge in [0, 0.05) is 17.4 Å². The second-order valence-electron chi connectivity index (χ2n) is 7.33. The van der Waals surface area contributed by atoms with Crippen molar-refractivity contribution in [3.63, 3.8) is 0 Å². The van der Waals surface area contributed by atoms with Crippen molar-refractivity contribution in [1.29, 1.82) is 0 Å². The highest BCUT2D eigenvalue weighted by molar-refractivity contribution is 5.97. The number of amides is 1. The van der Waals surface area contributed by atoms with Gasteiger partial charge in [0.25, 0.3) is 11.5 Å². The van der Waals surface area contributed by atoms with Crippen LogP contribution in [0.25, 0.3) is 10.8 Å². The predicted octanol–water partition coefficient (Wildman–Crippen LogP) is 5.07. The minimum Gasteiger partial charge on any atom is -0.351 e. The SMILES string of the molecule is Cc1ccc(Nc2ccc[nH]c2=O)cc1C(=O)NC(C)c1cccc2ccccc12. The second-order valence-corrected chi connectivity index (χ2v) is 7.33. The Bertz CT molecular complexity index is 1270. The first kappa shape index (κ1) is 19.5. The van der Waals surface area contributed by atoms with Gasteiger partial charge in [-0.2, -0.15) is 0 Å². The number of carbonyl (C=O) groups is 1. The van der Waals surface area contributed by atoms with Crippen LogP contribution in [0.4, 0.5) is 11.4 Å². The van der Waals surface area contributed by atoms with Crippen LogP contribution in [0, 0.1) is 6.92 Å². The largest absolute Gasteiger partial charge is 0.351 e. The third kappa shape index (κ3) is 3.96. The van der Waals surface area contributed by atoms with Gasteiger partial charge >= 0.3 is 0 Å². The Morgan fingerprint density at radius 1 is 0.967 bits per heavy atom. The molecule has 0 aliphatic rings. The van der Waals surface area contributed by atoms with Crippen LogP contribution in [0.2, 0.25) is 0 Å². The minimum absolute atomic E-state index is 0.154. The Kier molecular flexibility index (Phi) is 5.35. The molecule has 1 heterocycles. The smallest absolute Gasteiger partial charge is 0.271 e. The zero-order valence-corrected chi connectivity index (χ0v) is 16.9. The van der Waals surface area contributed by atoms with Gasteiger partial charge in [-0.15, -0.1) is 0 Å². The first-order chi connectivity index (χ1) is 14.5. The third-order valence-corrected chi connectivity index (χ3v) is 5.22. The molecule has 1 aromatic heterocycles. The number of benzene rings is 3. The van der Waals surface area contributed by atoms with E-state index < -0.39 is 0 Å². The number of aryl methyl sites for hydroxylation is 1. The molecule has 0 radical (unpaired) electrons. The van der Waals surface area contributed by atoms with Crippen molar-refractivity contribution in [2.75, 3.05) is 5.32 Å². The summed E-state index contributed by atoms with van der Waals surface area (Å²) in [4.78, 5) is 27.6. The number of hydrogen-bond donors (Lipinski definition) is 3. The molecule has 0 aliphatic heterocycles. The van der Waals surface area contributed by atoms with Crippen molar-refractivity contribution in [2.45, 2.75) is 19.9 Å². The van der Waals surface area contributed by atoms with Crippen LogP contribution in [0.15, 0.2) is 83.8 Å². The zero-order valence-electron chi connectivity index (χ0n) is 16.9. The highest BCUT2D eigenvalue weighted by Crippen LogP contribution is 2.25. The average Bonchev–Trinajstić information content (AvgIpc) is 2.76. The Morgan fingerprint density at radius 3 is 2.60 bits per heavy atom. The number of rotatable bonds is 5. The number of aromatic nitrogens is 1. The fourth-order valence-electron chi connectivity index (χ4n) is 3.60. The molecule has 0 saturated carbocycles.